The summed E-state index contributed by atoms with van der Waals surface area (Å²) in [5, 5.41) is 8.79. The van der Waals surface area contributed by atoms with Gasteiger partial charge >= 0.3 is 5.69 Å². The van der Waals surface area contributed by atoms with Crippen LogP contribution < -0.4 is 30.8 Å². The fourth-order valence-electron chi connectivity index (χ4n) is 3.73. The molecule has 0 unspecified atom stereocenters. The van der Waals surface area contributed by atoms with Crippen molar-refractivity contribution in [2.24, 2.45) is 0 Å². The molecule has 196 valence electrons. The number of hydrogen-bond donors (Lipinski definition) is 2. The number of aromatic nitrogens is 5. The molecule has 3 heterocycles. The van der Waals surface area contributed by atoms with Crippen LogP contribution in [0.5, 0.6) is 23.0 Å². The molecule has 5 rings (SSSR count). The van der Waals surface area contributed by atoms with E-state index < -0.39 is 28.7 Å². The minimum atomic E-state index is -0.987. The van der Waals surface area contributed by atoms with Crippen LogP contribution in [0.3, 0.4) is 0 Å². The average Bonchev–Trinajstić information content (AvgIpc) is 2.94. The van der Waals surface area contributed by atoms with Gasteiger partial charge in [0.2, 0.25) is 5.69 Å². The molecular weight excluding hydrogens is 511 g/mol. The number of rotatable bonds is 7. The van der Waals surface area contributed by atoms with Gasteiger partial charge in [0.1, 0.15) is 23.1 Å². The number of benzene rings is 2. The predicted molar refractivity (Wildman–Crippen MR) is 138 cm³/mol. The highest BCUT2D eigenvalue weighted by atomic mass is 19.1. The number of hydrogen-bond acceptors (Lipinski definition) is 9. The summed E-state index contributed by atoms with van der Waals surface area (Å²) in [4.78, 5) is 46.2. The van der Waals surface area contributed by atoms with Crippen molar-refractivity contribution in [3.8, 4) is 28.7 Å². The number of halogens is 1. The van der Waals surface area contributed by atoms with Crippen molar-refractivity contribution in [3.05, 3.63) is 99.3 Å². The van der Waals surface area contributed by atoms with Crippen LogP contribution in [0.25, 0.3) is 16.6 Å². The fourth-order valence-corrected chi connectivity index (χ4v) is 3.73. The number of nitrogens with one attached hydrogen (secondary N) is 2. The number of anilines is 1. The molecule has 12 nitrogen and oxygen atoms in total. The topological polar surface area (TPSA) is 150 Å². The van der Waals surface area contributed by atoms with Gasteiger partial charge in [0, 0.05) is 17.6 Å². The first-order valence-corrected chi connectivity index (χ1v) is 11.3. The summed E-state index contributed by atoms with van der Waals surface area (Å²) in [5.74, 6) is 0.514. The Labute approximate surface area is 218 Å². The zero-order chi connectivity index (χ0) is 27.5. The summed E-state index contributed by atoms with van der Waals surface area (Å²) in [7, 11) is 3.06. The molecule has 1 amide bonds. The van der Waals surface area contributed by atoms with Gasteiger partial charge in [-0.05, 0) is 48.5 Å². The third kappa shape index (κ3) is 5.00. The summed E-state index contributed by atoms with van der Waals surface area (Å²) in [6, 6.07) is 12.8. The molecule has 0 bridgehead atoms. The number of carbonyl (C=O) groups is 1. The van der Waals surface area contributed by atoms with Crippen molar-refractivity contribution in [1.82, 2.24) is 24.7 Å². The highest BCUT2D eigenvalue weighted by Gasteiger charge is 2.19. The second-order valence-corrected chi connectivity index (χ2v) is 7.96. The molecule has 2 N–H and O–H groups in total. The Balaban J connectivity index is 1.36. The maximum absolute atomic E-state index is 13.3. The molecule has 3 aromatic heterocycles. The number of fused-ring (bicyclic) bond motifs is 1. The highest BCUT2D eigenvalue weighted by Crippen LogP contribution is 2.36. The molecule has 0 spiro atoms. The van der Waals surface area contributed by atoms with E-state index in [0.717, 1.165) is 12.1 Å². The quantitative estimate of drug-likeness (QED) is 0.324. The van der Waals surface area contributed by atoms with Crippen molar-refractivity contribution < 1.29 is 23.4 Å². The van der Waals surface area contributed by atoms with Crippen LogP contribution in [-0.4, -0.2) is 44.9 Å². The standard InChI is InChI=1S/C26H19FN6O6/c1-37-20-11-17-18(12-21(20)38-2)28-10-9-19(17)39-16-7-8-22(29-13-16)30-24(34)23-25(35)33(26(36)32-31-23)15-5-3-14(27)4-6-15/h3-13H,1-2H3,(H,32,36)(H,29,30,34). The molecular formula is C26H19FN6O6. The minimum absolute atomic E-state index is 0.0680. The van der Waals surface area contributed by atoms with Crippen LogP contribution in [0.2, 0.25) is 0 Å². The summed E-state index contributed by atoms with van der Waals surface area (Å²) in [6.07, 6.45) is 2.96. The Morgan fingerprint density at radius 1 is 0.949 bits per heavy atom. The largest absolute Gasteiger partial charge is 0.493 e. The van der Waals surface area contributed by atoms with Crippen LogP contribution in [0.4, 0.5) is 10.2 Å². The third-order valence-electron chi connectivity index (χ3n) is 5.58. The van der Waals surface area contributed by atoms with E-state index in [1.54, 1.807) is 30.5 Å². The van der Waals surface area contributed by atoms with Crippen LogP contribution in [0, 0.1) is 5.82 Å². The smallest absolute Gasteiger partial charge is 0.349 e. The summed E-state index contributed by atoms with van der Waals surface area (Å²) in [6.45, 7) is 0. The lowest BCUT2D eigenvalue weighted by Crippen LogP contribution is -2.40. The van der Waals surface area contributed by atoms with Gasteiger partial charge in [-0.3, -0.25) is 14.6 Å². The lowest BCUT2D eigenvalue weighted by atomic mass is 10.2. The lowest BCUT2D eigenvalue weighted by Gasteiger charge is -2.12. The molecule has 0 atom stereocenters. The van der Waals surface area contributed by atoms with Gasteiger partial charge in [-0.25, -0.2) is 23.8 Å². The molecule has 0 saturated heterocycles. The summed E-state index contributed by atoms with van der Waals surface area (Å²) >= 11 is 0. The highest BCUT2D eigenvalue weighted by molar-refractivity contribution is 6.02. The molecule has 2 aromatic carbocycles. The molecule has 13 heteroatoms. The van der Waals surface area contributed by atoms with Crippen molar-refractivity contribution in [1.29, 1.82) is 0 Å². The minimum Gasteiger partial charge on any atom is -0.493 e. The maximum atomic E-state index is 13.3. The maximum Gasteiger partial charge on any atom is 0.349 e. The Bertz CT molecular complexity index is 1800. The van der Waals surface area contributed by atoms with Gasteiger partial charge < -0.3 is 19.5 Å². The lowest BCUT2D eigenvalue weighted by molar-refractivity contribution is 0.101. The summed E-state index contributed by atoms with van der Waals surface area (Å²) < 4.78 is 30.6. The molecule has 5 aromatic rings. The van der Waals surface area contributed by atoms with Crippen LogP contribution in [-0.2, 0) is 0 Å². The molecule has 0 saturated carbocycles. The zero-order valence-electron chi connectivity index (χ0n) is 20.5. The van der Waals surface area contributed by atoms with Crippen molar-refractivity contribution >= 4 is 22.6 Å². The van der Waals surface area contributed by atoms with E-state index in [1.807, 2.05) is 0 Å². The number of carbonyl (C=O) groups excluding carboxylic acids is 1. The number of methoxy groups -OCH3 is 2. The van der Waals surface area contributed by atoms with Gasteiger partial charge in [-0.2, -0.15) is 5.10 Å². The second kappa shape index (κ2) is 10.4. The number of ether oxygens (including phenoxy) is 3. The Kier molecular flexibility index (Phi) is 6.70. The number of amides is 1. The van der Waals surface area contributed by atoms with Crippen LogP contribution in [0.15, 0.2) is 76.6 Å². The SMILES string of the molecule is COc1cc2nccc(Oc3ccc(NC(=O)c4n[nH]c(=O)n(-c5ccc(F)cc5)c4=O)nc3)c2cc1OC. The first-order valence-electron chi connectivity index (χ1n) is 11.3. The van der Waals surface area contributed by atoms with Gasteiger partial charge in [0.05, 0.1) is 31.6 Å². The normalized spacial score (nSPS) is 10.7. The first kappa shape index (κ1) is 25.1. The van der Waals surface area contributed by atoms with Crippen LogP contribution in [0.1, 0.15) is 10.5 Å². The zero-order valence-corrected chi connectivity index (χ0v) is 20.5. The molecule has 39 heavy (non-hydrogen) atoms. The van der Waals surface area contributed by atoms with Crippen molar-refractivity contribution in [2.45, 2.75) is 0 Å². The fraction of sp³-hybridized carbons (Fsp3) is 0.0769. The monoisotopic (exact) mass is 530 g/mol. The van der Waals surface area contributed by atoms with Gasteiger partial charge in [0.25, 0.3) is 11.5 Å². The van der Waals surface area contributed by atoms with Crippen molar-refractivity contribution in [2.75, 3.05) is 19.5 Å². The first-order chi connectivity index (χ1) is 18.9. The Morgan fingerprint density at radius 2 is 1.69 bits per heavy atom. The van der Waals surface area contributed by atoms with E-state index >= 15 is 0 Å². The third-order valence-corrected chi connectivity index (χ3v) is 5.58. The Morgan fingerprint density at radius 3 is 2.38 bits per heavy atom. The van der Waals surface area contributed by atoms with Gasteiger partial charge in [0.15, 0.2) is 11.5 Å². The predicted octanol–water partition coefficient (Wildman–Crippen LogP) is 3.06. The molecule has 0 aliphatic heterocycles. The number of aromatic amines is 1. The molecule has 0 aliphatic carbocycles. The van der Waals surface area contributed by atoms with E-state index in [0.29, 0.717) is 38.5 Å². The van der Waals surface area contributed by atoms with E-state index in [-0.39, 0.29) is 11.5 Å². The van der Waals surface area contributed by atoms with Crippen LogP contribution >= 0.6 is 0 Å². The van der Waals surface area contributed by atoms with E-state index in [4.69, 9.17) is 14.2 Å². The van der Waals surface area contributed by atoms with Gasteiger partial charge in [-0.15, -0.1) is 0 Å². The molecule has 0 aliphatic rings. The number of pyridine rings is 2. The van der Waals surface area contributed by atoms with E-state index in [2.05, 4.69) is 25.5 Å². The second-order valence-electron chi connectivity index (χ2n) is 7.96. The molecule has 0 radical (unpaired) electrons. The average molecular weight is 530 g/mol. The molecule has 0 fully saturated rings. The van der Waals surface area contributed by atoms with Crippen molar-refractivity contribution in [3.63, 3.8) is 0 Å². The Hall–Kier alpha value is -5.59. The summed E-state index contributed by atoms with van der Waals surface area (Å²) in [5.41, 5.74) is -1.77. The van der Waals surface area contributed by atoms with Gasteiger partial charge in [-0.1, -0.05) is 0 Å². The van der Waals surface area contributed by atoms with E-state index in [1.165, 1.54) is 38.6 Å². The van der Waals surface area contributed by atoms with E-state index in [9.17, 15) is 18.8 Å². The number of H-pyrrole nitrogens is 1. The number of nitrogens with zero attached hydrogens (tertiary/aromatic N) is 4.